The fraction of sp³-hybridized carbons (Fsp3) is 0.769. The molecule has 1 rings (SSSR count). The van der Waals surface area contributed by atoms with Crippen molar-refractivity contribution >= 4 is 17.7 Å². The van der Waals surface area contributed by atoms with Crippen LogP contribution in [0.1, 0.15) is 34.6 Å². The molecule has 2 atom stereocenters. The summed E-state index contributed by atoms with van der Waals surface area (Å²) in [5.41, 5.74) is -0.572. The van der Waals surface area contributed by atoms with Gasteiger partial charge in [0.05, 0.1) is 0 Å². The highest BCUT2D eigenvalue weighted by atomic mass is 16.6. The van der Waals surface area contributed by atoms with Gasteiger partial charge in [0, 0.05) is 24.9 Å². The molecule has 0 aromatic heterocycles. The summed E-state index contributed by atoms with van der Waals surface area (Å²) >= 11 is 0. The summed E-state index contributed by atoms with van der Waals surface area (Å²) in [4.78, 5) is 36.3. The molecular weight excluding hydrogens is 234 g/mol. The molecule has 5 heteroatoms. The lowest BCUT2D eigenvalue weighted by Crippen LogP contribution is -2.36. The Labute approximate surface area is 107 Å². The molecule has 1 saturated heterocycles. The number of ether oxygens (including phenoxy) is 1. The standard InChI is InChI=1S/C13H21NO4/c1-8(15)10-6-14(7-11(10)9(2)16)12(17)18-13(3,4)5/h10-11H,6-7H2,1-5H3/t10-,11-/m1/s1. The minimum absolute atomic E-state index is 0.0544. The Morgan fingerprint density at radius 2 is 1.39 bits per heavy atom. The third-order valence-corrected chi connectivity index (χ3v) is 3.02. The Hall–Kier alpha value is -1.39. The van der Waals surface area contributed by atoms with E-state index in [1.165, 1.54) is 18.7 Å². The number of Topliss-reactive ketones (excluding diaryl/α,β-unsaturated/α-hetero) is 2. The molecule has 1 aliphatic rings. The van der Waals surface area contributed by atoms with Gasteiger partial charge in [0.25, 0.3) is 0 Å². The zero-order valence-electron chi connectivity index (χ0n) is 11.6. The van der Waals surface area contributed by atoms with Crippen molar-refractivity contribution in [1.82, 2.24) is 4.90 Å². The largest absolute Gasteiger partial charge is 0.444 e. The van der Waals surface area contributed by atoms with Crippen LogP contribution >= 0.6 is 0 Å². The highest BCUT2D eigenvalue weighted by Gasteiger charge is 2.41. The van der Waals surface area contributed by atoms with Crippen LogP contribution in [0.3, 0.4) is 0 Å². The van der Waals surface area contributed by atoms with Crippen molar-refractivity contribution < 1.29 is 19.1 Å². The summed E-state index contributed by atoms with van der Waals surface area (Å²) in [7, 11) is 0. The molecule has 1 fully saturated rings. The van der Waals surface area contributed by atoms with E-state index in [0.29, 0.717) is 0 Å². The van der Waals surface area contributed by atoms with Gasteiger partial charge in [-0.2, -0.15) is 0 Å². The number of hydrogen-bond donors (Lipinski definition) is 0. The summed E-state index contributed by atoms with van der Waals surface area (Å²) in [6.45, 7) is 8.81. The molecule has 0 aromatic carbocycles. The number of rotatable bonds is 2. The van der Waals surface area contributed by atoms with E-state index in [1.54, 1.807) is 20.8 Å². The fourth-order valence-corrected chi connectivity index (χ4v) is 2.10. The summed E-state index contributed by atoms with van der Waals surface area (Å²) in [6, 6.07) is 0. The maximum absolute atomic E-state index is 11.9. The van der Waals surface area contributed by atoms with Gasteiger partial charge in [0.15, 0.2) is 0 Å². The van der Waals surface area contributed by atoms with Crippen LogP contribution in [0.25, 0.3) is 0 Å². The Bertz CT molecular complexity index is 348. The topological polar surface area (TPSA) is 63.7 Å². The number of ketones is 2. The predicted octanol–water partition coefficient (Wildman–Crippen LogP) is 1.65. The lowest BCUT2D eigenvalue weighted by Gasteiger charge is -2.24. The van der Waals surface area contributed by atoms with Crippen molar-refractivity contribution in [2.24, 2.45) is 11.8 Å². The molecule has 0 N–H and O–H groups in total. The monoisotopic (exact) mass is 255 g/mol. The Kier molecular flexibility index (Phi) is 4.14. The van der Waals surface area contributed by atoms with Crippen molar-refractivity contribution in [2.75, 3.05) is 13.1 Å². The van der Waals surface area contributed by atoms with Crippen LogP contribution in [0.4, 0.5) is 4.79 Å². The van der Waals surface area contributed by atoms with Gasteiger partial charge >= 0.3 is 6.09 Å². The minimum Gasteiger partial charge on any atom is -0.444 e. The van der Waals surface area contributed by atoms with Crippen molar-refractivity contribution in [3.8, 4) is 0 Å². The van der Waals surface area contributed by atoms with Gasteiger partial charge in [-0.1, -0.05) is 0 Å². The van der Waals surface area contributed by atoms with E-state index >= 15 is 0 Å². The van der Waals surface area contributed by atoms with Crippen LogP contribution in [0.15, 0.2) is 0 Å². The number of amides is 1. The molecule has 0 aromatic rings. The van der Waals surface area contributed by atoms with Crippen molar-refractivity contribution in [1.29, 1.82) is 0 Å². The van der Waals surface area contributed by atoms with Gasteiger partial charge in [-0.3, -0.25) is 9.59 Å². The molecule has 0 radical (unpaired) electrons. The van der Waals surface area contributed by atoms with Crippen molar-refractivity contribution in [3.05, 3.63) is 0 Å². The molecule has 102 valence electrons. The molecule has 18 heavy (non-hydrogen) atoms. The zero-order chi connectivity index (χ0) is 14.1. The molecule has 1 aliphatic heterocycles. The smallest absolute Gasteiger partial charge is 0.410 e. The summed E-state index contributed by atoms with van der Waals surface area (Å²) < 4.78 is 5.24. The first-order chi connectivity index (χ1) is 8.11. The van der Waals surface area contributed by atoms with Gasteiger partial charge in [-0.05, 0) is 34.6 Å². The Morgan fingerprint density at radius 3 is 1.67 bits per heavy atom. The summed E-state index contributed by atoms with van der Waals surface area (Å²) in [5, 5.41) is 0. The molecule has 0 aliphatic carbocycles. The van der Waals surface area contributed by atoms with E-state index in [4.69, 9.17) is 4.74 Å². The fourth-order valence-electron chi connectivity index (χ4n) is 2.10. The third-order valence-electron chi connectivity index (χ3n) is 3.02. The maximum Gasteiger partial charge on any atom is 0.410 e. The van der Waals surface area contributed by atoms with Gasteiger partial charge in [0.2, 0.25) is 0 Å². The third kappa shape index (κ3) is 3.55. The minimum atomic E-state index is -0.572. The maximum atomic E-state index is 11.9. The first-order valence-electron chi connectivity index (χ1n) is 6.10. The van der Waals surface area contributed by atoms with Crippen molar-refractivity contribution in [3.63, 3.8) is 0 Å². The highest BCUT2D eigenvalue weighted by Crippen LogP contribution is 2.26. The Balaban J connectivity index is 2.75. The first kappa shape index (κ1) is 14.7. The molecular formula is C13H21NO4. The van der Waals surface area contributed by atoms with Crippen LogP contribution in [0.2, 0.25) is 0 Å². The van der Waals surface area contributed by atoms with E-state index in [1.807, 2.05) is 0 Å². The summed E-state index contributed by atoms with van der Waals surface area (Å²) in [6.07, 6.45) is -0.461. The summed E-state index contributed by atoms with van der Waals surface area (Å²) in [5.74, 6) is -0.896. The van der Waals surface area contributed by atoms with Gasteiger partial charge in [-0.15, -0.1) is 0 Å². The lowest BCUT2D eigenvalue weighted by molar-refractivity contribution is -0.128. The van der Waals surface area contributed by atoms with Gasteiger partial charge < -0.3 is 9.64 Å². The first-order valence-corrected chi connectivity index (χ1v) is 6.10. The molecule has 1 heterocycles. The Morgan fingerprint density at radius 1 is 1.00 bits per heavy atom. The second kappa shape index (κ2) is 5.08. The molecule has 0 spiro atoms. The SMILES string of the molecule is CC(=O)[C@H]1CN(C(=O)OC(C)(C)C)C[C@@H]1C(C)=O. The average Bonchev–Trinajstić information content (AvgIpc) is 2.58. The number of carbonyl (C=O) groups excluding carboxylic acids is 3. The average molecular weight is 255 g/mol. The van der Waals surface area contributed by atoms with E-state index in [0.717, 1.165) is 0 Å². The number of carbonyl (C=O) groups is 3. The molecule has 0 bridgehead atoms. The van der Waals surface area contributed by atoms with Gasteiger partial charge in [-0.25, -0.2) is 4.79 Å². The van der Waals surface area contributed by atoms with Crippen LogP contribution in [0.5, 0.6) is 0 Å². The molecule has 5 nitrogen and oxygen atoms in total. The van der Waals surface area contributed by atoms with Crippen LogP contribution in [-0.4, -0.2) is 41.3 Å². The van der Waals surface area contributed by atoms with E-state index in [9.17, 15) is 14.4 Å². The number of hydrogen-bond acceptors (Lipinski definition) is 4. The molecule has 0 unspecified atom stereocenters. The highest BCUT2D eigenvalue weighted by molar-refractivity contribution is 5.89. The van der Waals surface area contributed by atoms with Crippen LogP contribution in [0, 0.1) is 11.8 Å². The van der Waals surface area contributed by atoms with E-state index in [2.05, 4.69) is 0 Å². The van der Waals surface area contributed by atoms with Crippen LogP contribution < -0.4 is 0 Å². The second-order valence-corrected chi connectivity index (χ2v) is 5.82. The second-order valence-electron chi connectivity index (χ2n) is 5.82. The number of nitrogens with zero attached hydrogens (tertiary/aromatic N) is 1. The normalized spacial score (nSPS) is 23.9. The van der Waals surface area contributed by atoms with E-state index < -0.39 is 23.5 Å². The van der Waals surface area contributed by atoms with Crippen molar-refractivity contribution in [2.45, 2.75) is 40.2 Å². The van der Waals surface area contributed by atoms with E-state index in [-0.39, 0.29) is 24.7 Å². The lowest BCUT2D eigenvalue weighted by atomic mass is 9.90. The predicted molar refractivity (Wildman–Crippen MR) is 66.1 cm³/mol. The quantitative estimate of drug-likeness (QED) is 0.752. The molecule has 0 saturated carbocycles. The molecule has 1 amide bonds. The zero-order valence-corrected chi connectivity index (χ0v) is 11.6. The number of likely N-dealkylation sites (tertiary alicyclic amines) is 1. The van der Waals surface area contributed by atoms with Crippen LogP contribution in [-0.2, 0) is 14.3 Å². The van der Waals surface area contributed by atoms with Gasteiger partial charge in [0.1, 0.15) is 17.2 Å².